The normalized spacial score (nSPS) is 24.8. The van der Waals surface area contributed by atoms with E-state index in [1.54, 1.807) is 0 Å². The molecule has 2 aliphatic carbocycles. The molecule has 0 heterocycles. The van der Waals surface area contributed by atoms with E-state index < -0.39 is 0 Å². The zero-order valence-electron chi connectivity index (χ0n) is 17.4. The summed E-state index contributed by atoms with van der Waals surface area (Å²) < 4.78 is 0. The Labute approximate surface area is 164 Å². The van der Waals surface area contributed by atoms with Crippen LogP contribution in [-0.2, 0) is 21.1 Å². The second kappa shape index (κ2) is 11.3. The van der Waals surface area contributed by atoms with Crippen molar-refractivity contribution in [1.82, 2.24) is 0 Å². The summed E-state index contributed by atoms with van der Waals surface area (Å²) in [6.45, 7) is 22.0. The number of rotatable bonds is 0. The fraction of sp³-hybridized carbons (Fsp3) is 0.455. The molecule has 0 bridgehead atoms. The van der Waals surface area contributed by atoms with Gasteiger partial charge in [0.15, 0.2) is 0 Å². The van der Waals surface area contributed by atoms with Gasteiger partial charge in [0.2, 0.25) is 0 Å². The molecule has 23 heavy (non-hydrogen) atoms. The SMILES string of the molecule is C[C]1[C](C)[C](C)[C](C)[C]1C.C[C]1[C](C)[C](C)[C](C)[C]1C.[CH3-].[CH3-].[W+2]. The first-order valence-corrected chi connectivity index (χ1v) is 7.50. The van der Waals surface area contributed by atoms with Gasteiger partial charge in [0.25, 0.3) is 0 Å². The molecule has 130 valence electrons. The Bertz CT molecular complexity index is 181. The van der Waals surface area contributed by atoms with Crippen LogP contribution in [0.5, 0.6) is 0 Å². The predicted octanol–water partition coefficient (Wildman–Crippen LogP) is 6.84. The smallest absolute Gasteiger partial charge is 0.358 e. The summed E-state index contributed by atoms with van der Waals surface area (Å²) in [5.74, 6) is 14.7. The van der Waals surface area contributed by atoms with Crippen molar-refractivity contribution in [2.45, 2.75) is 69.2 Å². The van der Waals surface area contributed by atoms with Gasteiger partial charge in [-0.3, -0.25) is 0 Å². The first-order chi connectivity index (χ1) is 9.11. The van der Waals surface area contributed by atoms with Gasteiger partial charge < -0.3 is 14.9 Å². The van der Waals surface area contributed by atoms with Crippen molar-refractivity contribution in [1.29, 1.82) is 0 Å². The first-order valence-electron chi connectivity index (χ1n) is 7.50. The van der Waals surface area contributed by atoms with Crippen LogP contribution in [0.3, 0.4) is 0 Å². The molecule has 2 saturated carbocycles. The van der Waals surface area contributed by atoms with Gasteiger partial charge >= 0.3 is 21.1 Å². The van der Waals surface area contributed by atoms with Crippen molar-refractivity contribution in [3.63, 3.8) is 0 Å². The number of hydrogen-bond acceptors (Lipinski definition) is 0. The second-order valence-corrected chi connectivity index (χ2v) is 6.25. The molecule has 0 saturated heterocycles. The summed E-state index contributed by atoms with van der Waals surface area (Å²) in [5, 5.41) is 0. The van der Waals surface area contributed by atoms with Crippen molar-refractivity contribution < 1.29 is 21.1 Å². The fourth-order valence-electron chi connectivity index (χ4n) is 2.81. The van der Waals surface area contributed by atoms with Crippen LogP contribution in [0, 0.1) is 74.0 Å². The summed E-state index contributed by atoms with van der Waals surface area (Å²) in [6, 6.07) is 0. The molecule has 2 aliphatic rings. The summed E-state index contributed by atoms with van der Waals surface area (Å²) in [7, 11) is 0. The Morgan fingerprint density at radius 3 is 0.348 bits per heavy atom. The summed E-state index contributed by atoms with van der Waals surface area (Å²) in [5.41, 5.74) is 0. The van der Waals surface area contributed by atoms with Crippen LogP contribution in [0.25, 0.3) is 0 Å². The quantitative estimate of drug-likeness (QED) is 0.330. The molecule has 0 atom stereocenters. The van der Waals surface area contributed by atoms with E-state index in [0.29, 0.717) is 0 Å². The van der Waals surface area contributed by atoms with E-state index in [1.165, 1.54) is 59.2 Å². The van der Waals surface area contributed by atoms with E-state index in [-0.39, 0.29) is 35.9 Å². The molecule has 0 unspecified atom stereocenters. The molecule has 0 aromatic heterocycles. The maximum absolute atomic E-state index is 2.20. The van der Waals surface area contributed by atoms with Gasteiger partial charge in [0.1, 0.15) is 0 Å². The van der Waals surface area contributed by atoms with Crippen LogP contribution in [0.15, 0.2) is 0 Å². The molecule has 0 aromatic carbocycles. The van der Waals surface area contributed by atoms with Gasteiger partial charge in [0.05, 0.1) is 0 Å². The van der Waals surface area contributed by atoms with Crippen molar-refractivity contribution in [3.8, 4) is 0 Å². The van der Waals surface area contributed by atoms with Crippen LogP contribution in [0.2, 0.25) is 0 Å². The Balaban J connectivity index is -0.000000308. The van der Waals surface area contributed by atoms with E-state index >= 15 is 0 Å². The van der Waals surface area contributed by atoms with Crippen LogP contribution in [0.4, 0.5) is 0 Å². The minimum absolute atomic E-state index is 0. The molecular formula is C22H36W. The Morgan fingerprint density at radius 1 is 0.261 bits per heavy atom. The van der Waals surface area contributed by atoms with E-state index in [4.69, 9.17) is 0 Å². The Kier molecular flexibility index (Phi) is 14.0. The monoisotopic (exact) mass is 484 g/mol. The van der Waals surface area contributed by atoms with Crippen LogP contribution in [-0.4, -0.2) is 0 Å². The number of hydrogen-bond donors (Lipinski definition) is 0. The van der Waals surface area contributed by atoms with Crippen molar-refractivity contribution >= 4 is 0 Å². The third kappa shape index (κ3) is 5.87. The van der Waals surface area contributed by atoms with Gasteiger partial charge in [-0.1, -0.05) is 69.2 Å². The first kappa shape index (κ1) is 28.5. The molecule has 1 heteroatoms. The maximum atomic E-state index is 2.20. The second-order valence-electron chi connectivity index (χ2n) is 6.25. The average Bonchev–Trinajstić information content (AvgIpc) is 2.71. The zero-order chi connectivity index (χ0) is 15.8. The molecule has 0 aliphatic heterocycles. The van der Waals surface area contributed by atoms with E-state index in [1.807, 2.05) is 0 Å². The zero-order valence-corrected chi connectivity index (χ0v) is 20.3. The molecule has 0 amide bonds. The van der Waals surface area contributed by atoms with Gasteiger partial charge in [-0.15, -0.1) is 0 Å². The van der Waals surface area contributed by atoms with Gasteiger partial charge in [0, 0.05) is 0 Å². The third-order valence-corrected chi connectivity index (χ3v) is 5.62. The minimum Gasteiger partial charge on any atom is -0.358 e. The molecule has 2 fully saturated rings. The van der Waals surface area contributed by atoms with E-state index in [9.17, 15) is 0 Å². The predicted molar refractivity (Wildman–Crippen MR) is 102 cm³/mol. The van der Waals surface area contributed by atoms with Crippen LogP contribution >= 0.6 is 0 Å². The standard InChI is InChI=1S/2C10H15.2CH3.W/c2*1-6-7(2)9(4)10(5)8(6)3;;;/h2*1-5H3;2*1H3;/q;;2*-1;+2. The van der Waals surface area contributed by atoms with Crippen molar-refractivity contribution in [2.24, 2.45) is 0 Å². The molecule has 0 aromatic rings. The van der Waals surface area contributed by atoms with Gasteiger partial charge in [-0.2, -0.15) is 0 Å². The molecule has 10 radical (unpaired) electrons. The van der Waals surface area contributed by atoms with Crippen LogP contribution < -0.4 is 0 Å². The molecule has 0 spiro atoms. The minimum atomic E-state index is 0. The fourth-order valence-corrected chi connectivity index (χ4v) is 2.81. The topological polar surface area (TPSA) is 0 Å². The summed E-state index contributed by atoms with van der Waals surface area (Å²) >= 11 is 0. The summed E-state index contributed by atoms with van der Waals surface area (Å²) in [6.07, 6.45) is 0. The average molecular weight is 484 g/mol. The van der Waals surface area contributed by atoms with E-state index in [0.717, 1.165) is 0 Å². The Hall–Kier alpha value is 0.688. The van der Waals surface area contributed by atoms with E-state index in [2.05, 4.69) is 69.2 Å². The van der Waals surface area contributed by atoms with Crippen LogP contribution in [0.1, 0.15) is 69.2 Å². The molecule has 2 rings (SSSR count). The van der Waals surface area contributed by atoms with Crippen molar-refractivity contribution in [3.05, 3.63) is 74.0 Å². The third-order valence-electron chi connectivity index (χ3n) is 5.62. The molecular weight excluding hydrogens is 448 g/mol. The molecule has 0 N–H and O–H groups in total. The molecule has 0 nitrogen and oxygen atoms in total. The summed E-state index contributed by atoms with van der Waals surface area (Å²) in [4.78, 5) is 0. The Morgan fingerprint density at radius 2 is 0.304 bits per heavy atom. The van der Waals surface area contributed by atoms with Crippen molar-refractivity contribution in [2.75, 3.05) is 0 Å². The maximum Gasteiger partial charge on any atom is 2.00 e. The largest absolute Gasteiger partial charge is 2.00 e. The van der Waals surface area contributed by atoms with Gasteiger partial charge in [-0.25, -0.2) is 0 Å². The van der Waals surface area contributed by atoms with Gasteiger partial charge in [-0.05, 0) is 59.2 Å².